The van der Waals surface area contributed by atoms with E-state index in [1.165, 1.54) is 6.07 Å². The first-order valence-corrected chi connectivity index (χ1v) is 21.8. The van der Waals surface area contributed by atoms with Crippen LogP contribution in [0.5, 0.6) is 0 Å². The van der Waals surface area contributed by atoms with E-state index in [4.69, 9.17) is 18.6 Å². The Hall–Kier alpha value is -7.31. The number of carboxylic acid groups (broad SMARTS) is 1. The number of carbonyl (C=O) groups is 4. The minimum absolute atomic E-state index is 0.0483. The number of anilines is 2. The van der Waals surface area contributed by atoms with Crippen LogP contribution in [-0.4, -0.2) is 105 Å². The molecule has 4 aromatic carbocycles. The van der Waals surface area contributed by atoms with Gasteiger partial charge in [0.2, 0.25) is 17.2 Å². The zero-order chi connectivity index (χ0) is 46.6. The van der Waals surface area contributed by atoms with Gasteiger partial charge in [0.25, 0.3) is 5.91 Å². The summed E-state index contributed by atoms with van der Waals surface area (Å²) < 4.78 is 25.1. The fourth-order valence-corrected chi connectivity index (χ4v) is 7.58. The van der Waals surface area contributed by atoms with E-state index in [-0.39, 0.29) is 62.1 Å². The Morgan fingerprint density at radius 2 is 1.41 bits per heavy atom. The number of amides is 3. The Kier molecular flexibility index (Phi) is 15.6. The fraction of sp³-hybridized carbons (Fsp3) is 0.288. The third-order valence-electron chi connectivity index (χ3n) is 11.1. The number of benzene rings is 5. The van der Waals surface area contributed by atoms with E-state index in [0.717, 1.165) is 44.4 Å². The molecule has 1 aliphatic carbocycles. The smallest absolute Gasteiger partial charge is 0.251 e. The van der Waals surface area contributed by atoms with E-state index >= 15 is 0 Å². The first kappa shape index (κ1) is 46.7. The Bertz CT molecular complexity index is 2850. The van der Waals surface area contributed by atoms with Crippen LogP contribution in [0.4, 0.5) is 11.4 Å². The minimum atomic E-state index is -1.41. The summed E-state index contributed by atoms with van der Waals surface area (Å²) in [5.74, 6) is 4.72. The van der Waals surface area contributed by atoms with Crippen molar-refractivity contribution >= 4 is 46.0 Å². The van der Waals surface area contributed by atoms with Crippen LogP contribution in [0.3, 0.4) is 0 Å². The highest BCUT2D eigenvalue weighted by atomic mass is 16.5. The molecule has 0 fully saturated rings. The number of para-hydroxylation sites is 1. The van der Waals surface area contributed by atoms with E-state index in [2.05, 4.69) is 22.5 Å². The van der Waals surface area contributed by atoms with Gasteiger partial charge in [0, 0.05) is 96.6 Å². The predicted octanol–water partition coefficient (Wildman–Crippen LogP) is 4.29. The summed E-state index contributed by atoms with van der Waals surface area (Å²) in [6.07, 6.45) is 0.102. The summed E-state index contributed by atoms with van der Waals surface area (Å²) in [4.78, 5) is 55.4. The van der Waals surface area contributed by atoms with E-state index < -0.39 is 11.9 Å². The third-order valence-corrected chi connectivity index (χ3v) is 11.1. The molecular formula is C52H53N5O9. The average Bonchev–Trinajstić information content (AvgIpc) is 3.31. The van der Waals surface area contributed by atoms with Gasteiger partial charge in [-0.3, -0.25) is 14.4 Å². The standard InChI is InChI=1S/C52H53N5O9/c1-55(2)39-16-19-42-46(32-39)66-47-33-40(56(3)4)17-20-43(47)50(42)41-18-15-37(31-44(41)52(61)62)51(60)54-24-26-64-28-30-65-29-27-63-25-23-53-48(58)21-22-49(59)57-34-38-11-6-5-9-35(38)13-14-36-10-7-8-12-45(36)57/h5-12,15-20,31-33H,21-30,34H2,1-4H3,(H2-,53,54,58,60,61,62). The molecule has 0 bridgehead atoms. The van der Waals surface area contributed by atoms with Gasteiger partial charge in [-0.25, -0.2) is 4.58 Å². The quantitative estimate of drug-likeness (QED) is 0.0519. The SMILES string of the molecule is CN(C)c1ccc2c(-c3ccc(C(=O)NCCOCCOCCOCCNC(=O)CCC(=O)N4Cc5ccccc5C#Cc5ccccc54)cc3C(=O)[O-])c3ccc(=[N+](C)C)cc-3oc2c1. The van der Waals surface area contributed by atoms with Gasteiger partial charge in [0.05, 0.1) is 63.9 Å². The lowest BCUT2D eigenvalue weighted by atomic mass is 9.89. The fourth-order valence-electron chi connectivity index (χ4n) is 7.58. The average molecular weight is 892 g/mol. The van der Waals surface area contributed by atoms with E-state index in [0.29, 0.717) is 55.4 Å². The zero-order valence-corrected chi connectivity index (χ0v) is 37.6. The summed E-state index contributed by atoms with van der Waals surface area (Å²) in [7, 11) is 7.73. The Morgan fingerprint density at radius 3 is 2.14 bits per heavy atom. The molecule has 4 aromatic rings. The molecule has 3 aliphatic rings. The number of nitrogens with one attached hydrogen (secondary N) is 2. The van der Waals surface area contributed by atoms with Crippen molar-refractivity contribution < 1.29 is 42.9 Å². The van der Waals surface area contributed by atoms with E-state index in [1.54, 1.807) is 17.0 Å². The van der Waals surface area contributed by atoms with Crippen LogP contribution < -0.4 is 35.5 Å². The molecule has 0 spiro atoms. The van der Waals surface area contributed by atoms with Crippen LogP contribution in [-0.2, 0) is 30.3 Å². The number of rotatable bonds is 19. The normalized spacial score (nSPS) is 11.7. The lowest BCUT2D eigenvalue weighted by Gasteiger charge is -2.26. The molecule has 14 nitrogen and oxygen atoms in total. The van der Waals surface area contributed by atoms with Crippen molar-refractivity contribution in [3.63, 3.8) is 0 Å². The summed E-state index contributed by atoms with van der Waals surface area (Å²) in [5, 5.41) is 19.9. The van der Waals surface area contributed by atoms with Crippen LogP contribution in [0.15, 0.2) is 108 Å². The molecule has 0 unspecified atom stereocenters. The molecule has 2 N–H and O–H groups in total. The number of aromatic carboxylic acids is 1. The van der Waals surface area contributed by atoms with Crippen LogP contribution in [0.2, 0.25) is 0 Å². The first-order chi connectivity index (χ1) is 32.0. The molecule has 0 radical (unpaired) electrons. The van der Waals surface area contributed by atoms with Crippen LogP contribution >= 0.6 is 0 Å². The second-order valence-corrected chi connectivity index (χ2v) is 16.0. The molecule has 0 saturated carbocycles. The third kappa shape index (κ3) is 11.5. The molecule has 0 saturated heterocycles. The molecule has 0 atom stereocenters. The zero-order valence-electron chi connectivity index (χ0n) is 37.6. The maximum Gasteiger partial charge on any atom is 0.251 e. The maximum absolute atomic E-state index is 13.4. The number of hydrogen-bond donors (Lipinski definition) is 2. The Balaban J connectivity index is 0.800. The number of carbonyl (C=O) groups excluding carboxylic acids is 4. The second kappa shape index (κ2) is 22.1. The lowest BCUT2D eigenvalue weighted by molar-refractivity contribution is -0.255. The van der Waals surface area contributed by atoms with Gasteiger partial charge in [0.1, 0.15) is 25.4 Å². The molecular weight excluding hydrogens is 839 g/mol. The van der Waals surface area contributed by atoms with Gasteiger partial charge < -0.3 is 49.0 Å². The number of fused-ring (bicyclic) bond motifs is 4. The van der Waals surface area contributed by atoms with Gasteiger partial charge in [0.15, 0.2) is 0 Å². The van der Waals surface area contributed by atoms with Crippen LogP contribution in [0.25, 0.3) is 33.4 Å². The van der Waals surface area contributed by atoms with Crippen LogP contribution in [0, 0.1) is 11.8 Å². The largest absolute Gasteiger partial charge is 0.545 e. The van der Waals surface area contributed by atoms with Crippen LogP contribution in [0.1, 0.15) is 50.2 Å². The molecule has 14 heteroatoms. The molecule has 0 aromatic heterocycles. The summed E-state index contributed by atoms with van der Waals surface area (Å²) >= 11 is 0. The van der Waals surface area contributed by atoms with Crippen molar-refractivity contribution in [3.05, 3.63) is 136 Å². The van der Waals surface area contributed by atoms with Gasteiger partial charge in [-0.2, -0.15) is 0 Å². The monoisotopic (exact) mass is 891 g/mol. The van der Waals surface area contributed by atoms with Crippen molar-refractivity contribution in [3.8, 4) is 34.3 Å². The summed E-state index contributed by atoms with van der Waals surface area (Å²) in [6, 6.07) is 31.4. The number of hydrogen-bond acceptors (Lipinski definition) is 10. The Labute approximate surface area is 383 Å². The topological polar surface area (TPSA) is 166 Å². The van der Waals surface area contributed by atoms with Gasteiger partial charge in [-0.15, -0.1) is 0 Å². The summed E-state index contributed by atoms with van der Waals surface area (Å²) in [5.41, 5.74) is 6.66. The highest BCUT2D eigenvalue weighted by Crippen LogP contribution is 2.42. The number of ether oxygens (including phenoxy) is 3. The van der Waals surface area contributed by atoms with Gasteiger partial charge >= 0.3 is 0 Å². The molecule has 7 rings (SSSR count). The van der Waals surface area contributed by atoms with Crippen molar-refractivity contribution in [2.45, 2.75) is 19.4 Å². The molecule has 2 aliphatic heterocycles. The minimum Gasteiger partial charge on any atom is -0.545 e. The first-order valence-electron chi connectivity index (χ1n) is 21.8. The van der Waals surface area contributed by atoms with Gasteiger partial charge in [-0.05, 0) is 59.7 Å². The number of nitrogens with zero attached hydrogens (tertiary/aromatic N) is 3. The molecule has 340 valence electrons. The highest BCUT2D eigenvalue weighted by Gasteiger charge is 2.24. The predicted molar refractivity (Wildman–Crippen MR) is 251 cm³/mol. The molecule has 2 heterocycles. The lowest BCUT2D eigenvalue weighted by Crippen LogP contribution is -2.34. The summed E-state index contributed by atoms with van der Waals surface area (Å²) in [6.45, 7) is 2.59. The van der Waals surface area contributed by atoms with Crippen molar-refractivity contribution in [2.75, 3.05) is 90.7 Å². The molecule has 3 amide bonds. The van der Waals surface area contributed by atoms with Gasteiger partial charge in [-0.1, -0.05) is 48.2 Å². The van der Waals surface area contributed by atoms with E-state index in [1.807, 2.05) is 123 Å². The second-order valence-electron chi connectivity index (χ2n) is 16.0. The maximum atomic E-state index is 13.4. The Morgan fingerprint density at radius 1 is 0.742 bits per heavy atom. The van der Waals surface area contributed by atoms with E-state index in [9.17, 15) is 24.3 Å². The highest BCUT2D eigenvalue weighted by molar-refractivity contribution is 6.09. The number of carboxylic acids is 1. The van der Waals surface area contributed by atoms with Crippen molar-refractivity contribution in [1.29, 1.82) is 0 Å². The van der Waals surface area contributed by atoms with Crippen molar-refractivity contribution in [2.24, 2.45) is 0 Å². The van der Waals surface area contributed by atoms with Crippen molar-refractivity contribution in [1.82, 2.24) is 15.2 Å². The molecule has 66 heavy (non-hydrogen) atoms.